The van der Waals surface area contributed by atoms with E-state index in [1.165, 1.54) is 7.11 Å². The van der Waals surface area contributed by atoms with Crippen LogP contribution in [0.2, 0.25) is 5.02 Å². The number of carbonyl (C=O) groups is 2. The minimum absolute atomic E-state index is 0.0344. The second-order valence-electron chi connectivity index (χ2n) is 7.55. The van der Waals surface area contributed by atoms with Crippen molar-refractivity contribution in [2.45, 2.75) is 44.7 Å². The fourth-order valence-electron chi connectivity index (χ4n) is 4.12. The quantitative estimate of drug-likeness (QED) is 0.852. The topological polar surface area (TPSA) is 75.9 Å². The lowest BCUT2D eigenvalue weighted by molar-refractivity contribution is -0.137. The Bertz CT molecular complexity index is 710. The van der Waals surface area contributed by atoms with Crippen LogP contribution >= 0.6 is 11.6 Å². The molecule has 2 fully saturated rings. The minimum atomic E-state index is -0.423. The molecule has 2 amide bonds. The van der Waals surface area contributed by atoms with Crippen LogP contribution in [-0.2, 0) is 4.79 Å². The van der Waals surface area contributed by atoms with Crippen molar-refractivity contribution in [2.75, 3.05) is 26.7 Å². The van der Waals surface area contributed by atoms with Gasteiger partial charge in [0.05, 0.1) is 12.7 Å². The summed E-state index contributed by atoms with van der Waals surface area (Å²) in [7, 11) is 1.52. The molecule has 0 aromatic heterocycles. The first-order valence-corrected chi connectivity index (χ1v) is 9.99. The molecular formula is C20H28ClN3O3. The van der Waals surface area contributed by atoms with E-state index >= 15 is 0 Å². The molecule has 0 aliphatic carbocycles. The maximum Gasteiger partial charge on any atom is 0.258 e. The number of nitrogens with zero attached hydrogens (tertiary/aromatic N) is 2. The number of hydrogen-bond acceptors (Lipinski definition) is 4. The smallest absolute Gasteiger partial charge is 0.258 e. The Balaban J connectivity index is 1.78. The second-order valence-corrected chi connectivity index (χ2v) is 7.98. The molecule has 0 saturated carbocycles. The molecule has 3 unspecified atom stereocenters. The van der Waals surface area contributed by atoms with Crippen LogP contribution in [0.15, 0.2) is 18.2 Å². The number of ether oxygens (including phenoxy) is 1. The molecule has 2 saturated heterocycles. The van der Waals surface area contributed by atoms with Gasteiger partial charge in [-0.1, -0.05) is 11.6 Å². The number of nitrogens with two attached hydrogens (primary N) is 1. The molecule has 1 aromatic rings. The third kappa shape index (κ3) is 4.22. The summed E-state index contributed by atoms with van der Waals surface area (Å²) in [4.78, 5) is 29.9. The van der Waals surface area contributed by atoms with E-state index in [1.807, 2.05) is 11.8 Å². The normalized spacial score (nSPS) is 24.0. The number of hydrogen-bond donors (Lipinski definition) is 1. The molecule has 0 radical (unpaired) electrons. The van der Waals surface area contributed by atoms with Crippen molar-refractivity contribution in [3.05, 3.63) is 28.8 Å². The van der Waals surface area contributed by atoms with Crippen LogP contribution in [0.3, 0.4) is 0 Å². The highest BCUT2D eigenvalue weighted by atomic mass is 35.5. The average molecular weight is 394 g/mol. The molecule has 2 heterocycles. The van der Waals surface area contributed by atoms with E-state index in [2.05, 4.69) is 0 Å². The number of piperidine rings is 1. The summed E-state index contributed by atoms with van der Waals surface area (Å²) in [5.74, 6) is 0.622. The van der Waals surface area contributed by atoms with Crippen LogP contribution < -0.4 is 10.5 Å². The molecule has 3 rings (SSSR count). The summed E-state index contributed by atoms with van der Waals surface area (Å²) < 4.78 is 5.32. The Morgan fingerprint density at radius 3 is 2.70 bits per heavy atom. The first-order valence-electron chi connectivity index (χ1n) is 9.61. The fraction of sp³-hybridized carbons (Fsp3) is 0.600. The Morgan fingerprint density at radius 2 is 2.00 bits per heavy atom. The highest BCUT2D eigenvalue weighted by molar-refractivity contribution is 6.31. The molecule has 6 nitrogen and oxygen atoms in total. The molecule has 7 heteroatoms. The van der Waals surface area contributed by atoms with E-state index in [0.29, 0.717) is 41.8 Å². The van der Waals surface area contributed by atoms with Gasteiger partial charge in [0.1, 0.15) is 11.8 Å². The van der Waals surface area contributed by atoms with Gasteiger partial charge < -0.3 is 20.3 Å². The first-order chi connectivity index (χ1) is 12.9. The van der Waals surface area contributed by atoms with E-state index in [1.54, 1.807) is 23.1 Å². The molecule has 2 N–H and O–H groups in total. The highest BCUT2D eigenvalue weighted by Crippen LogP contribution is 2.29. The number of benzene rings is 1. The van der Waals surface area contributed by atoms with Crippen LogP contribution in [0.5, 0.6) is 5.75 Å². The average Bonchev–Trinajstić information content (AvgIpc) is 3.16. The van der Waals surface area contributed by atoms with Gasteiger partial charge >= 0.3 is 0 Å². The van der Waals surface area contributed by atoms with Crippen LogP contribution in [0, 0.1) is 5.92 Å². The molecule has 0 bridgehead atoms. The third-order valence-electron chi connectivity index (χ3n) is 5.70. The lowest BCUT2D eigenvalue weighted by Crippen LogP contribution is -2.52. The van der Waals surface area contributed by atoms with Crippen LogP contribution in [-0.4, -0.2) is 60.4 Å². The number of carbonyl (C=O) groups excluding carboxylic acids is 2. The van der Waals surface area contributed by atoms with Crippen LogP contribution in [0.1, 0.15) is 43.0 Å². The molecular weight excluding hydrogens is 366 g/mol. The molecule has 0 spiro atoms. The van der Waals surface area contributed by atoms with Gasteiger partial charge in [0.25, 0.3) is 5.91 Å². The molecule has 27 heavy (non-hydrogen) atoms. The maximum absolute atomic E-state index is 13.2. The maximum atomic E-state index is 13.2. The van der Waals surface area contributed by atoms with E-state index < -0.39 is 6.04 Å². The highest BCUT2D eigenvalue weighted by Gasteiger charge is 2.39. The fourth-order valence-corrected chi connectivity index (χ4v) is 4.29. The van der Waals surface area contributed by atoms with E-state index in [-0.39, 0.29) is 17.9 Å². The number of halogens is 1. The third-order valence-corrected chi connectivity index (χ3v) is 5.94. The van der Waals surface area contributed by atoms with Crippen LogP contribution in [0.4, 0.5) is 0 Å². The van der Waals surface area contributed by atoms with Gasteiger partial charge in [-0.3, -0.25) is 9.59 Å². The molecule has 2 aliphatic heterocycles. The van der Waals surface area contributed by atoms with Gasteiger partial charge in [0.2, 0.25) is 5.91 Å². The summed E-state index contributed by atoms with van der Waals surface area (Å²) in [6.07, 6.45) is 3.51. The van der Waals surface area contributed by atoms with Crippen molar-refractivity contribution in [3.8, 4) is 5.75 Å². The van der Waals surface area contributed by atoms with Gasteiger partial charge in [0, 0.05) is 30.7 Å². The second kappa shape index (κ2) is 8.48. The van der Waals surface area contributed by atoms with Crippen molar-refractivity contribution in [1.82, 2.24) is 9.80 Å². The van der Waals surface area contributed by atoms with Crippen molar-refractivity contribution in [1.29, 1.82) is 0 Å². The van der Waals surface area contributed by atoms with Crippen molar-refractivity contribution < 1.29 is 14.3 Å². The predicted molar refractivity (Wildman–Crippen MR) is 105 cm³/mol. The number of amides is 2. The van der Waals surface area contributed by atoms with Crippen molar-refractivity contribution in [2.24, 2.45) is 11.7 Å². The standard InChI is InChI=1S/C20H28ClN3O3/c1-13(22)14-5-3-9-23(12-14)20(26)17-6-4-10-24(17)19(25)16-11-15(21)7-8-18(16)27-2/h7-8,11,13-14,17H,3-6,9-10,12,22H2,1-2H3. The summed E-state index contributed by atoms with van der Waals surface area (Å²) in [6.45, 7) is 3.97. The lowest BCUT2D eigenvalue weighted by atomic mass is 9.91. The Morgan fingerprint density at radius 1 is 1.26 bits per heavy atom. The van der Waals surface area contributed by atoms with Gasteiger partial charge in [-0.05, 0) is 56.7 Å². The predicted octanol–water partition coefficient (Wildman–Crippen LogP) is 2.54. The molecule has 148 valence electrons. The molecule has 2 aliphatic rings. The van der Waals surface area contributed by atoms with E-state index in [4.69, 9.17) is 22.1 Å². The molecule has 3 atom stereocenters. The zero-order valence-electron chi connectivity index (χ0n) is 16.0. The Kier molecular flexibility index (Phi) is 6.27. The monoisotopic (exact) mass is 393 g/mol. The lowest BCUT2D eigenvalue weighted by Gasteiger charge is -2.37. The zero-order valence-corrected chi connectivity index (χ0v) is 16.7. The van der Waals surface area contributed by atoms with Crippen LogP contribution in [0.25, 0.3) is 0 Å². The summed E-state index contributed by atoms with van der Waals surface area (Å²) >= 11 is 6.08. The van der Waals surface area contributed by atoms with Gasteiger partial charge in [-0.2, -0.15) is 0 Å². The SMILES string of the molecule is COc1ccc(Cl)cc1C(=O)N1CCCC1C(=O)N1CCCC(C(C)N)C1. The number of likely N-dealkylation sites (tertiary alicyclic amines) is 2. The first kappa shape index (κ1) is 20.0. The summed E-state index contributed by atoms with van der Waals surface area (Å²) in [5.41, 5.74) is 6.45. The van der Waals surface area contributed by atoms with Gasteiger partial charge in [0.15, 0.2) is 0 Å². The van der Waals surface area contributed by atoms with E-state index in [9.17, 15) is 9.59 Å². The van der Waals surface area contributed by atoms with E-state index in [0.717, 1.165) is 25.8 Å². The zero-order chi connectivity index (χ0) is 19.6. The summed E-state index contributed by atoms with van der Waals surface area (Å²) in [5, 5.41) is 0.469. The van der Waals surface area contributed by atoms with Crippen molar-refractivity contribution >= 4 is 23.4 Å². The minimum Gasteiger partial charge on any atom is -0.496 e. The largest absolute Gasteiger partial charge is 0.496 e. The molecule has 1 aromatic carbocycles. The number of rotatable bonds is 4. The van der Waals surface area contributed by atoms with Gasteiger partial charge in [-0.15, -0.1) is 0 Å². The summed E-state index contributed by atoms with van der Waals surface area (Å²) in [6, 6.07) is 4.62. The number of methoxy groups -OCH3 is 1. The van der Waals surface area contributed by atoms with Crippen molar-refractivity contribution in [3.63, 3.8) is 0 Å². The van der Waals surface area contributed by atoms with Gasteiger partial charge in [-0.25, -0.2) is 0 Å². The Labute approximate surface area is 165 Å². The Hall–Kier alpha value is -1.79.